The van der Waals surface area contributed by atoms with Crippen molar-refractivity contribution in [2.75, 3.05) is 0 Å². The first-order chi connectivity index (χ1) is 6.88. The molecule has 0 rings (SSSR count). The van der Waals surface area contributed by atoms with Crippen LogP contribution in [0.15, 0.2) is 0 Å². The zero-order chi connectivity index (χ0) is 12.0. The Bertz CT molecular complexity index is 148. The molecule has 0 aliphatic rings. The molecule has 0 N–H and O–H groups in total. The molecule has 0 amide bonds. The van der Waals surface area contributed by atoms with Crippen LogP contribution in [0.1, 0.15) is 67.7 Å². The van der Waals surface area contributed by atoms with Gasteiger partial charge in [0.25, 0.3) is 0 Å². The standard InChI is InChI=1S/C15H32/c1-8-12(4)10-14(6)15(7)13(5)9-11(2)3/h11-15H,8-10H2,1-7H3. The highest BCUT2D eigenvalue weighted by Crippen LogP contribution is 2.30. The predicted molar refractivity (Wildman–Crippen MR) is 71.0 cm³/mol. The van der Waals surface area contributed by atoms with Crippen LogP contribution in [0.25, 0.3) is 0 Å². The normalized spacial score (nSPS) is 20.0. The summed E-state index contributed by atoms with van der Waals surface area (Å²) in [6.45, 7) is 16.7. The second-order valence-corrected chi connectivity index (χ2v) is 6.19. The minimum absolute atomic E-state index is 0.846. The van der Waals surface area contributed by atoms with E-state index in [-0.39, 0.29) is 0 Å². The van der Waals surface area contributed by atoms with Crippen molar-refractivity contribution in [2.24, 2.45) is 29.6 Å². The van der Waals surface area contributed by atoms with Gasteiger partial charge in [-0.05, 0) is 42.4 Å². The highest BCUT2D eigenvalue weighted by Gasteiger charge is 2.20. The van der Waals surface area contributed by atoms with E-state index in [4.69, 9.17) is 0 Å². The van der Waals surface area contributed by atoms with Crippen molar-refractivity contribution in [3.63, 3.8) is 0 Å². The second kappa shape index (κ2) is 7.30. The Morgan fingerprint density at radius 1 is 0.733 bits per heavy atom. The number of hydrogen-bond donors (Lipinski definition) is 0. The molecule has 0 saturated carbocycles. The van der Waals surface area contributed by atoms with Gasteiger partial charge in [0.2, 0.25) is 0 Å². The van der Waals surface area contributed by atoms with Crippen LogP contribution in [0.3, 0.4) is 0 Å². The van der Waals surface area contributed by atoms with E-state index in [0.717, 1.165) is 29.6 Å². The topological polar surface area (TPSA) is 0 Å². The maximum atomic E-state index is 2.44. The molecule has 0 nitrogen and oxygen atoms in total. The third-order valence-corrected chi connectivity index (χ3v) is 4.11. The van der Waals surface area contributed by atoms with Crippen molar-refractivity contribution in [3.05, 3.63) is 0 Å². The van der Waals surface area contributed by atoms with Crippen molar-refractivity contribution in [3.8, 4) is 0 Å². The summed E-state index contributed by atoms with van der Waals surface area (Å²) in [4.78, 5) is 0. The molecule has 0 aromatic rings. The van der Waals surface area contributed by atoms with Crippen molar-refractivity contribution < 1.29 is 0 Å². The third kappa shape index (κ3) is 6.22. The Balaban J connectivity index is 4.00. The molecule has 0 aliphatic carbocycles. The quantitative estimate of drug-likeness (QED) is 0.531. The lowest BCUT2D eigenvalue weighted by Gasteiger charge is -2.29. The molecule has 0 aromatic carbocycles. The lowest BCUT2D eigenvalue weighted by molar-refractivity contribution is 0.215. The average molecular weight is 212 g/mol. The van der Waals surface area contributed by atoms with Gasteiger partial charge in [-0.1, -0.05) is 54.9 Å². The van der Waals surface area contributed by atoms with Crippen LogP contribution in [0.5, 0.6) is 0 Å². The van der Waals surface area contributed by atoms with E-state index >= 15 is 0 Å². The van der Waals surface area contributed by atoms with Crippen LogP contribution in [-0.4, -0.2) is 0 Å². The SMILES string of the molecule is CCC(C)CC(C)C(C)C(C)CC(C)C. The van der Waals surface area contributed by atoms with Crippen LogP contribution in [0, 0.1) is 29.6 Å². The molecular formula is C15H32. The van der Waals surface area contributed by atoms with Crippen LogP contribution < -0.4 is 0 Å². The molecule has 0 fully saturated rings. The monoisotopic (exact) mass is 212 g/mol. The van der Waals surface area contributed by atoms with Gasteiger partial charge in [-0.3, -0.25) is 0 Å². The minimum atomic E-state index is 0.846. The fourth-order valence-corrected chi connectivity index (χ4v) is 2.54. The first kappa shape index (κ1) is 15.0. The van der Waals surface area contributed by atoms with Gasteiger partial charge in [-0.15, -0.1) is 0 Å². The van der Waals surface area contributed by atoms with E-state index < -0.39 is 0 Å². The van der Waals surface area contributed by atoms with Crippen molar-refractivity contribution in [1.29, 1.82) is 0 Å². The molecule has 92 valence electrons. The molecule has 15 heavy (non-hydrogen) atoms. The van der Waals surface area contributed by atoms with Crippen molar-refractivity contribution in [2.45, 2.75) is 67.7 Å². The molecular weight excluding hydrogens is 180 g/mol. The van der Waals surface area contributed by atoms with Crippen LogP contribution in [0.2, 0.25) is 0 Å². The van der Waals surface area contributed by atoms with Gasteiger partial charge in [-0.2, -0.15) is 0 Å². The summed E-state index contributed by atoms with van der Waals surface area (Å²) in [6.07, 6.45) is 4.11. The summed E-state index contributed by atoms with van der Waals surface area (Å²) in [5, 5.41) is 0. The first-order valence-corrected chi connectivity index (χ1v) is 6.88. The average Bonchev–Trinajstić information content (AvgIpc) is 2.15. The lowest BCUT2D eigenvalue weighted by Crippen LogP contribution is -2.20. The Labute approximate surface area is 97.8 Å². The molecule has 4 unspecified atom stereocenters. The molecule has 0 radical (unpaired) electrons. The molecule has 0 spiro atoms. The minimum Gasteiger partial charge on any atom is -0.0651 e. The first-order valence-electron chi connectivity index (χ1n) is 6.88. The highest BCUT2D eigenvalue weighted by atomic mass is 14.3. The van der Waals surface area contributed by atoms with Crippen molar-refractivity contribution >= 4 is 0 Å². The van der Waals surface area contributed by atoms with Gasteiger partial charge in [0.05, 0.1) is 0 Å². The summed E-state index contributed by atoms with van der Waals surface area (Å²) in [5.41, 5.74) is 0. The Morgan fingerprint density at radius 2 is 1.20 bits per heavy atom. The summed E-state index contributed by atoms with van der Waals surface area (Å²) in [6, 6.07) is 0. The predicted octanol–water partition coefficient (Wildman–Crippen LogP) is 5.38. The summed E-state index contributed by atoms with van der Waals surface area (Å²) in [5.74, 6) is 4.38. The van der Waals surface area contributed by atoms with Crippen LogP contribution in [-0.2, 0) is 0 Å². The second-order valence-electron chi connectivity index (χ2n) is 6.19. The third-order valence-electron chi connectivity index (χ3n) is 4.11. The highest BCUT2D eigenvalue weighted by molar-refractivity contribution is 4.71. The van der Waals surface area contributed by atoms with E-state index in [1.54, 1.807) is 0 Å². The van der Waals surface area contributed by atoms with Gasteiger partial charge in [0, 0.05) is 0 Å². The molecule has 0 heterocycles. The molecule has 0 bridgehead atoms. The van der Waals surface area contributed by atoms with Gasteiger partial charge in [-0.25, -0.2) is 0 Å². The largest absolute Gasteiger partial charge is 0.0651 e. The summed E-state index contributed by atoms with van der Waals surface area (Å²) < 4.78 is 0. The van der Waals surface area contributed by atoms with E-state index in [2.05, 4.69) is 48.5 Å². The maximum Gasteiger partial charge on any atom is -0.0391 e. The molecule has 0 aromatic heterocycles. The van der Waals surface area contributed by atoms with E-state index in [9.17, 15) is 0 Å². The summed E-state index contributed by atoms with van der Waals surface area (Å²) in [7, 11) is 0. The molecule has 0 heteroatoms. The van der Waals surface area contributed by atoms with Crippen molar-refractivity contribution in [1.82, 2.24) is 0 Å². The van der Waals surface area contributed by atoms with Gasteiger partial charge in [0.1, 0.15) is 0 Å². The Kier molecular flexibility index (Phi) is 7.30. The van der Waals surface area contributed by atoms with E-state index in [1.807, 2.05) is 0 Å². The zero-order valence-corrected chi connectivity index (χ0v) is 12.0. The molecule has 0 saturated heterocycles. The smallest absolute Gasteiger partial charge is 0.0391 e. The zero-order valence-electron chi connectivity index (χ0n) is 12.0. The summed E-state index contributed by atoms with van der Waals surface area (Å²) >= 11 is 0. The molecule has 4 atom stereocenters. The Hall–Kier alpha value is 0. The fraction of sp³-hybridized carbons (Fsp3) is 1.00. The Morgan fingerprint density at radius 3 is 1.60 bits per heavy atom. The number of hydrogen-bond acceptors (Lipinski definition) is 0. The van der Waals surface area contributed by atoms with Gasteiger partial charge < -0.3 is 0 Å². The fourth-order valence-electron chi connectivity index (χ4n) is 2.54. The van der Waals surface area contributed by atoms with Gasteiger partial charge >= 0.3 is 0 Å². The van der Waals surface area contributed by atoms with Crippen LogP contribution >= 0.6 is 0 Å². The van der Waals surface area contributed by atoms with E-state index in [0.29, 0.717) is 0 Å². The molecule has 0 aliphatic heterocycles. The number of rotatable bonds is 7. The van der Waals surface area contributed by atoms with E-state index in [1.165, 1.54) is 19.3 Å². The lowest BCUT2D eigenvalue weighted by atomic mass is 9.77. The van der Waals surface area contributed by atoms with Gasteiger partial charge in [0.15, 0.2) is 0 Å². The van der Waals surface area contributed by atoms with Crippen LogP contribution in [0.4, 0.5) is 0 Å². The maximum absolute atomic E-state index is 2.44.